The van der Waals surface area contributed by atoms with Crippen LogP contribution in [0.3, 0.4) is 0 Å². The predicted molar refractivity (Wildman–Crippen MR) is 133 cm³/mol. The lowest BCUT2D eigenvalue weighted by Crippen LogP contribution is -2.46. The van der Waals surface area contributed by atoms with Gasteiger partial charge in [0.05, 0.1) is 17.3 Å². The van der Waals surface area contributed by atoms with E-state index >= 15 is 0 Å². The van der Waals surface area contributed by atoms with Crippen molar-refractivity contribution in [1.29, 1.82) is 0 Å². The van der Waals surface area contributed by atoms with Crippen LogP contribution in [0.25, 0.3) is 17.0 Å². The van der Waals surface area contributed by atoms with Gasteiger partial charge in [0.15, 0.2) is 0 Å². The Kier molecular flexibility index (Phi) is 5.91. The van der Waals surface area contributed by atoms with Crippen LogP contribution in [-0.4, -0.2) is 16.2 Å². The number of nitrogens with one attached hydrogen (secondary N) is 1. The van der Waals surface area contributed by atoms with Crippen molar-refractivity contribution in [3.05, 3.63) is 107 Å². The molecular weight excluding hydrogens is 443 g/mol. The zero-order valence-electron chi connectivity index (χ0n) is 19.7. The second-order valence-corrected chi connectivity index (χ2v) is 8.58. The molecule has 0 radical (unpaired) electrons. The second kappa shape index (κ2) is 9.18. The Bertz CT molecular complexity index is 1410. The maximum atomic E-state index is 13.8. The first-order valence-electron chi connectivity index (χ1n) is 11.5. The zero-order chi connectivity index (χ0) is 24.5. The third kappa shape index (κ3) is 4.33. The van der Waals surface area contributed by atoms with Crippen molar-refractivity contribution in [2.75, 3.05) is 4.90 Å². The Balaban J connectivity index is 1.64. The third-order valence-electron chi connectivity index (χ3n) is 6.24. The van der Waals surface area contributed by atoms with Gasteiger partial charge in [-0.15, -0.1) is 0 Å². The number of hydrogen-bond donors (Lipinski definition) is 1. The SMILES string of the molecule is CCc1ccc(N2C(=O)NC(c3ccc(C)cc3)C(c3nc(-c4cccc(F)c4)no3)=C2C)cc1. The average molecular weight is 469 g/mol. The van der Waals surface area contributed by atoms with Crippen molar-refractivity contribution in [1.82, 2.24) is 15.5 Å². The Morgan fingerprint density at radius 1 is 1.03 bits per heavy atom. The van der Waals surface area contributed by atoms with Gasteiger partial charge in [0.25, 0.3) is 5.89 Å². The summed E-state index contributed by atoms with van der Waals surface area (Å²) in [5, 5.41) is 7.21. The summed E-state index contributed by atoms with van der Waals surface area (Å²) in [5.41, 5.74) is 5.80. The number of carbonyl (C=O) groups is 1. The molecule has 6 nitrogen and oxygen atoms in total. The zero-order valence-corrected chi connectivity index (χ0v) is 19.7. The lowest BCUT2D eigenvalue weighted by atomic mass is 9.94. The van der Waals surface area contributed by atoms with Crippen LogP contribution in [0, 0.1) is 12.7 Å². The number of hydrogen-bond acceptors (Lipinski definition) is 4. The number of benzene rings is 3. The summed E-state index contributed by atoms with van der Waals surface area (Å²) in [6.45, 7) is 5.97. The highest BCUT2D eigenvalue weighted by Gasteiger charge is 2.36. The molecule has 2 heterocycles. The largest absolute Gasteiger partial charge is 0.334 e. The lowest BCUT2D eigenvalue weighted by Gasteiger charge is -2.35. The minimum Gasteiger partial charge on any atom is -0.334 e. The van der Waals surface area contributed by atoms with E-state index < -0.39 is 6.04 Å². The maximum Gasteiger partial charge on any atom is 0.326 e. The molecule has 0 fully saturated rings. The molecule has 1 unspecified atom stereocenters. The first-order chi connectivity index (χ1) is 16.9. The van der Waals surface area contributed by atoms with E-state index in [2.05, 4.69) is 22.4 Å². The van der Waals surface area contributed by atoms with Crippen molar-refractivity contribution in [2.24, 2.45) is 0 Å². The van der Waals surface area contributed by atoms with Crippen LogP contribution in [0.1, 0.15) is 42.5 Å². The number of anilines is 1. The molecule has 0 saturated heterocycles. The molecule has 0 saturated carbocycles. The molecule has 1 N–H and O–H groups in total. The topological polar surface area (TPSA) is 71.3 Å². The van der Waals surface area contributed by atoms with Crippen LogP contribution in [0.15, 0.2) is 83.0 Å². The molecule has 7 heteroatoms. The molecule has 3 aromatic carbocycles. The normalized spacial score (nSPS) is 15.9. The van der Waals surface area contributed by atoms with E-state index in [9.17, 15) is 9.18 Å². The van der Waals surface area contributed by atoms with E-state index in [1.54, 1.807) is 17.0 Å². The highest BCUT2D eigenvalue weighted by molar-refractivity contribution is 6.01. The van der Waals surface area contributed by atoms with Gasteiger partial charge in [0.2, 0.25) is 5.82 Å². The number of aryl methyl sites for hydroxylation is 2. The Labute approximate surface area is 203 Å². The fourth-order valence-corrected chi connectivity index (χ4v) is 4.30. The molecule has 5 rings (SSSR count). The number of allylic oxidation sites excluding steroid dienone is 1. The van der Waals surface area contributed by atoms with Gasteiger partial charge in [0.1, 0.15) is 5.82 Å². The number of halogens is 1. The fraction of sp³-hybridized carbons (Fsp3) is 0.179. The van der Waals surface area contributed by atoms with Crippen LogP contribution in [0.2, 0.25) is 0 Å². The number of amides is 2. The predicted octanol–water partition coefficient (Wildman–Crippen LogP) is 6.45. The standard InChI is InChI=1S/C28H25FN4O2/c1-4-19-10-14-23(15-11-19)33-18(3)24(25(30-28(33)34)20-12-8-17(2)9-13-20)27-31-26(32-35-27)21-6-5-7-22(29)16-21/h5-16,25H,4H2,1-3H3,(H,30,34). The molecule has 4 aromatic rings. The van der Waals surface area contributed by atoms with Gasteiger partial charge in [-0.1, -0.05) is 66.2 Å². The highest BCUT2D eigenvalue weighted by atomic mass is 19.1. The Morgan fingerprint density at radius 2 is 1.77 bits per heavy atom. The summed E-state index contributed by atoms with van der Waals surface area (Å²) in [5.74, 6) is 0.161. The van der Waals surface area contributed by atoms with Crippen LogP contribution in [0.5, 0.6) is 0 Å². The lowest BCUT2D eigenvalue weighted by molar-refractivity contribution is 0.244. The number of carbonyl (C=O) groups excluding carboxylic acids is 1. The molecule has 1 aliphatic rings. The number of rotatable bonds is 5. The molecule has 1 aliphatic heterocycles. The van der Waals surface area contributed by atoms with Crippen molar-refractivity contribution < 1.29 is 13.7 Å². The monoisotopic (exact) mass is 468 g/mol. The van der Waals surface area contributed by atoms with Crippen molar-refractivity contribution in [2.45, 2.75) is 33.2 Å². The minimum atomic E-state index is -0.491. The van der Waals surface area contributed by atoms with Gasteiger partial charge in [-0.3, -0.25) is 4.90 Å². The van der Waals surface area contributed by atoms with E-state index in [0.29, 0.717) is 16.8 Å². The van der Waals surface area contributed by atoms with Gasteiger partial charge in [-0.05, 0) is 55.7 Å². The molecule has 0 bridgehead atoms. The van der Waals surface area contributed by atoms with Gasteiger partial charge in [0, 0.05) is 11.3 Å². The summed E-state index contributed by atoms with van der Waals surface area (Å²) in [4.78, 5) is 19.5. The number of aromatic nitrogens is 2. The Hall–Kier alpha value is -4.26. The minimum absolute atomic E-state index is 0.244. The molecule has 1 atom stereocenters. The fourth-order valence-electron chi connectivity index (χ4n) is 4.30. The van der Waals surface area contributed by atoms with Crippen LogP contribution in [0.4, 0.5) is 14.9 Å². The highest BCUT2D eigenvalue weighted by Crippen LogP contribution is 2.39. The summed E-state index contributed by atoms with van der Waals surface area (Å²) in [6, 6.07) is 21.1. The third-order valence-corrected chi connectivity index (χ3v) is 6.24. The Morgan fingerprint density at radius 3 is 2.46 bits per heavy atom. The van der Waals surface area contributed by atoms with Crippen LogP contribution < -0.4 is 10.2 Å². The molecule has 1 aromatic heterocycles. The van der Waals surface area contributed by atoms with E-state index in [4.69, 9.17) is 4.52 Å². The molecule has 0 spiro atoms. The van der Waals surface area contributed by atoms with E-state index in [-0.39, 0.29) is 23.6 Å². The molecule has 0 aliphatic carbocycles. The van der Waals surface area contributed by atoms with E-state index in [1.807, 2.05) is 62.4 Å². The molecular formula is C28H25FN4O2. The first kappa shape index (κ1) is 22.5. The summed E-state index contributed by atoms with van der Waals surface area (Å²) in [6.07, 6.45) is 0.910. The van der Waals surface area contributed by atoms with Crippen molar-refractivity contribution >= 4 is 17.3 Å². The van der Waals surface area contributed by atoms with Gasteiger partial charge >= 0.3 is 6.03 Å². The molecule has 35 heavy (non-hydrogen) atoms. The summed E-state index contributed by atoms with van der Waals surface area (Å²) in [7, 11) is 0. The number of nitrogens with zero attached hydrogens (tertiary/aromatic N) is 3. The molecule has 176 valence electrons. The second-order valence-electron chi connectivity index (χ2n) is 8.58. The number of urea groups is 1. The quantitative estimate of drug-likeness (QED) is 0.365. The average Bonchev–Trinajstić information content (AvgIpc) is 3.34. The first-order valence-corrected chi connectivity index (χ1v) is 11.5. The van der Waals surface area contributed by atoms with Gasteiger partial charge < -0.3 is 9.84 Å². The summed E-state index contributed by atoms with van der Waals surface area (Å²) >= 11 is 0. The van der Waals surface area contributed by atoms with Gasteiger partial charge in [-0.25, -0.2) is 9.18 Å². The summed E-state index contributed by atoms with van der Waals surface area (Å²) < 4.78 is 19.5. The smallest absolute Gasteiger partial charge is 0.326 e. The molecule has 2 amide bonds. The maximum absolute atomic E-state index is 13.8. The van der Waals surface area contributed by atoms with Gasteiger partial charge in [-0.2, -0.15) is 4.98 Å². The van der Waals surface area contributed by atoms with Crippen LogP contribution in [-0.2, 0) is 6.42 Å². The van der Waals surface area contributed by atoms with E-state index in [1.165, 1.54) is 17.7 Å². The van der Waals surface area contributed by atoms with Crippen molar-refractivity contribution in [3.8, 4) is 11.4 Å². The van der Waals surface area contributed by atoms with E-state index in [0.717, 1.165) is 23.2 Å². The van der Waals surface area contributed by atoms with Crippen LogP contribution >= 0.6 is 0 Å². The van der Waals surface area contributed by atoms with Crippen molar-refractivity contribution in [3.63, 3.8) is 0 Å².